The number of ether oxygens (including phenoxy) is 3. The van der Waals surface area contributed by atoms with Crippen molar-refractivity contribution in [1.82, 2.24) is 0 Å². The Balaban J connectivity index is 1.28. The molecule has 40 heavy (non-hydrogen) atoms. The van der Waals surface area contributed by atoms with Crippen LogP contribution in [0.3, 0.4) is 0 Å². The first-order valence-corrected chi connectivity index (χ1v) is 14.8. The molecule has 0 aromatic carbocycles. The van der Waals surface area contributed by atoms with Gasteiger partial charge in [0.1, 0.15) is 18.0 Å². The summed E-state index contributed by atoms with van der Waals surface area (Å²) in [5.74, 6) is -9.38. The molecule has 0 aromatic heterocycles. The summed E-state index contributed by atoms with van der Waals surface area (Å²) < 4.78 is 130. The van der Waals surface area contributed by atoms with Gasteiger partial charge >= 0.3 is 29.9 Å². The van der Waals surface area contributed by atoms with E-state index in [0.29, 0.717) is 37.0 Å². The fourth-order valence-electron chi connectivity index (χ4n) is 9.23. The second-order valence-corrected chi connectivity index (χ2v) is 14.1. The first-order chi connectivity index (χ1) is 18.3. The smallest absolute Gasteiger partial charge is 0.438 e. The average Bonchev–Trinajstić information content (AvgIpc) is 3.39. The van der Waals surface area contributed by atoms with Gasteiger partial charge in [-0.25, -0.2) is 0 Å². The van der Waals surface area contributed by atoms with Crippen LogP contribution in [0, 0.1) is 46.8 Å². The van der Waals surface area contributed by atoms with E-state index in [1.807, 2.05) is 0 Å². The number of esters is 2. The maximum absolute atomic E-state index is 13.8. The van der Waals surface area contributed by atoms with Crippen molar-refractivity contribution >= 4 is 22.1 Å². The number of aliphatic hydroxyl groups excluding tert-OH is 1. The van der Waals surface area contributed by atoms with E-state index in [4.69, 9.17) is 14.0 Å². The van der Waals surface area contributed by atoms with Crippen molar-refractivity contribution in [3.8, 4) is 0 Å². The molecule has 7 aliphatic rings. The van der Waals surface area contributed by atoms with Crippen molar-refractivity contribution in [1.29, 1.82) is 0 Å². The molecule has 0 aromatic rings. The van der Waals surface area contributed by atoms with Crippen LogP contribution in [0.25, 0.3) is 0 Å². The van der Waals surface area contributed by atoms with Crippen molar-refractivity contribution in [2.75, 3.05) is 5.75 Å². The Morgan fingerprint density at radius 3 is 1.90 bits per heavy atom. The lowest BCUT2D eigenvalue weighted by Gasteiger charge is -2.55. The summed E-state index contributed by atoms with van der Waals surface area (Å²) in [4.78, 5) is 26.7. The normalized spacial score (nSPS) is 43.8. The number of alkyl halides is 6. The molecule has 0 radical (unpaired) electrons. The number of hydrogen-bond acceptors (Lipinski definition) is 8. The molecule has 7 unspecified atom stereocenters. The molecule has 0 spiro atoms. The van der Waals surface area contributed by atoms with Gasteiger partial charge in [-0.15, -0.1) is 0 Å². The maximum Gasteiger partial charge on any atom is 0.438 e. The molecule has 7 fully saturated rings. The van der Waals surface area contributed by atoms with Crippen molar-refractivity contribution in [3.05, 3.63) is 0 Å². The molecule has 6 saturated carbocycles. The summed E-state index contributed by atoms with van der Waals surface area (Å²) in [7, 11) is -5.96. The lowest BCUT2D eigenvalue weighted by molar-refractivity contribution is -0.362. The number of halogens is 6. The van der Waals surface area contributed by atoms with Crippen LogP contribution in [-0.4, -0.2) is 72.2 Å². The molecule has 6 bridgehead atoms. The van der Waals surface area contributed by atoms with Gasteiger partial charge in [0.25, 0.3) is 10.1 Å². The molecular weight excluding hydrogens is 578 g/mol. The van der Waals surface area contributed by atoms with Gasteiger partial charge in [0, 0.05) is 11.8 Å². The summed E-state index contributed by atoms with van der Waals surface area (Å²) in [6.45, 7) is 0. The van der Waals surface area contributed by atoms with E-state index in [1.54, 1.807) is 0 Å². The number of carbonyl (C=O) groups is 2. The van der Waals surface area contributed by atoms with E-state index in [-0.39, 0.29) is 6.42 Å². The van der Waals surface area contributed by atoms with Crippen LogP contribution in [0.4, 0.5) is 26.3 Å². The largest absolute Gasteiger partial charge is 0.459 e. The van der Waals surface area contributed by atoms with Crippen LogP contribution in [0.5, 0.6) is 0 Å². The minimum absolute atomic E-state index is 0.00825. The van der Waals surface area contributed by atoms with Gasteiger partial charge in [0.05, 0.1) is 11.3 Å². The maximum atomic E-state index is 13.8. The molecule has 6 aliphatic carbocycles. The van der Waals surface area contributed by atoms with E-state index in [1.165, 1.54) is 0 Å². The molecule has 0 amide bonds. The topological polar surface area (TPSA) is 136 Å². The molecule has 226 valence electrons. The Hall–Kier alpha value is -1.65. The molecule has 1 saturated heterocycles. The monoisotopic (exact) mass is 606 g/mol. The number of hydrogen-bond donors (Lipinski definition) is 2. The third kappa shape index (κ3) is 4.17. The molecule has 7 atom stereocenters. The Bertz CT molecular complexity index is 1150. The zero-order valence-electron chi connectivity index (χ0n) is 20.9. The summed E-state index contributed by atoms with van der Waals surface area (Å²) in [6.07, 6.45) is -11.9. The van der Waals surface area contributed by atoms with Gasteiger partial charge < -0.3 is 19.3 Å². The highest BCUT2D eigenvalue weighted by Gasteiger charge is 2.77. The van der Waals surface area contributed by atoms with Crippen LogP contribution in [0.1, 0.15) is 44.9 Å². The molecule has 1 heterocycles. The van der Waals surface area contributed by atoms with Crippen LogP contribution >= 0.6 is 0 Å². The van der Waals surface area contributed by atoms with Crippen molar-refractivity contribution < 1.29 is 68.2 Å². The molecule has 16 heteroatoms. The number of aliphatic hydroxyl groups is 1. The van der Waals surface area contributed by atoms with Gasteiger partial charge in [-0.3, -0.25) is 14.1 Å². The first kappa shape index (κ1) is 28.5. The molecular formula is C24H28F6O9S. The fourth-order valence-corrected chi connectivity index (χ4v) is 10.1. The highest BCUT2D eigenvalue weighted by atomic mass is 32.2. The lowest BCUT2D eigenvalue weighted by atomic mass is 9.49. The van der Waals surface area contributed by atoms with Gasteiger partial charge in [-0.2, -0.15) is 34.8 Å². The van der Waals surface area contributed by atoms with E-state index < -0.39 is 93.3 Å². The fraction of sp³-hybridized carbons (Fsp3) is 0.917. The summed E-state index contributed by atoms with van der Waals surface area (Å²) in [5.41, 5.74) is -6.32. The van der Waals surface area contributed by atoms with Crippen LogP contribution in [0.15, 0.2) is 0 Å². The Labute approximate surface area is 224 Å². The number of carbonyl (C=O) groups excluding carboxylic acids is 2. The third-order valence-corrected chi connectivity index (χ3v) is 11.0. The SMILES string of the molecule is O=C(OC(CS(=O)(=O)O)(C(F)(F)F)C(F)(F)F)C1C2CC3C(OC(O)C31)C2OC(=O)C12CC3CC(CC(C3)C1)C2. The molecule has 7 rings (SSSR count). The first-order valence-electron chi connectivity index (χ1n) is 13.2. The summed E-state index contributed by atoms with van der Waals surface area (Å²) >= 11 is 0. The second-order valence-electron chi connectivity index (χ2n) is 12.7. The summed E-state index contributed by atoms with van der Waals surface area (Å²) in [6, 6.07) is 0. The van der Waals surface area contributed by atoms with E-state index in [0.717, 1.165) is 19.3 Å². The van der Waals surface area contributed by atoms with Crippen molar-refractivity contribution in [2.24, 2.45) is 46.8 Å². The molecule has 9 nitrogen and oxygen atoms in total. The number of rotatable bonds is 6. The Morgan fingerprint density at radius 1 is 0.900 bits per heavy atom. The predicted molar refractivity (Wildman–Crippen MR) is 117 cm³/mol. The zero-order chi connectivity index (χ0) is 29.2. The average molecular weight is 607 g/mol. The van der Waals surface area contributed by atoms with Gasteiger partial charge in [0.2, 0.25) is 0 Å². The van der Waals surface area contributed by atoms with Crippen LogP contribution < -0.4 is 0 Å². The van der Waals surface area contributed by atoms with Gasteiger partial charge in [0.15, 0.2) is 6.29 Å². The second kappa shape index (κ2) is 8.69. The highest BCUT2D eigenvalue weighted by Crippen LogP contribution is 2.63. The van der Waals surface area contributed by atoms with Crippen LogP contribution in [-0.2, 0) is 33.9 Å². The Kier molecular flexibility index (Phi) is 6.19. The van der Waals surface area contributed by atoms with Crippen molar-refractivity contribution in [2.45, 2.75) is 81.4 Å². The minimum atomic E-state index is -6.48. The quantitative estimate of drug-likeness (QED) is 0.266. The highest BCUT2D eigenvalue weighted by molar-refractivity contribution is 7.85. The summed E-state index contributed by atoms with van der Waals surface area (Å²) in [5, 5.41) is 10.5. The standard InChI is InChI=1S/C24H28F6O9S/c25-23(26,27)22(24(28,29)30,8-40(34,35)36)39-19(32)15-13-4-12-14(15)18(31)37-16(12)17(13)38-20(33)21-5-9-1-10(6-21)3-11(2-9)7-21/h9-18,31H,1-8H2,(H,34,35,36). The predicted octanol–water partition coefficient (Wildman–Crippen LogP) is 3.01. The lowest BCUT2D eigenvalue weighted by Crippen LogP contribution is -2.64. The molecule has 1 aliphatic heterocycles. The van der Waals surface area contributed by atoms with E-state index in [2.05, 4.69) is 4.74 Å². The van der Waals surface area contributed by atoms with Gasteiger partial charge in [-0.1, -0.05) is 0 Å². The minimum Gasteiger partial charge on any atom is -0.459 e. The number of fused-ring (bicyclic) bond motifs is 1. The Morgan fingerprint density at radius 2 is 1.43 bits per heavy atom. The van der Waals surface area contributed by atoms with E-state index >= 15 is 0 Å². The zero-order valence-corrected chi connectivity index (χ0v) is 21.7. The van der Waals surface area contributed by atoms with Crippen LogP contribution in [0.2, 0.25) is 0 Å². The van der Waals surface area contributed by atoms with E-state index in [9.17, 15) is 49.5 Å². The van der Waals surface area contributed by atoms with Gasteiger partial charge in [-0.05, 0) is 68.6 Å². The van der Waals surface area contributed by atoms with Crippen molar-refractivity contribution in [3.63, 3.8) is 0 Å². The molecule has 2 N–H and O–H groups in total. The third-order valence-electron chi connectivity index (χ3n) is 10.3.